The van der Waals surface area contributed by atoms with Gasteiger partial charge in [0.25, 0.3) is 5.82 Å². The topological polar surface area (TPSA) is 89.6 Å². The molecule has 0 bridgehead atoms. The molecule has 1 aliphatic rings. The van der Waals surface area contributed by atoms with Gasteiger partial charge in [-0.1, -0.05) is 41.9 Å². The van der Waals surface area contributed by atoms with Crippen LogP contribution in [0.2, 0.25) is 5.02 Å². The minimum absolute atomic E-state index is 0.291. The highest BCUT2D eigenvalue weighted by Gasteiger charge is 2.29. The molecule has 1 unspecified atom stereocenters. The molecular formula is C18H13ClN4O3. The van der Waals surface area contributed by atoms with Crippen molar-refractivity contribution in [2.45, 2.75) is 6.23 Å². The predicted octanol–water partition coefficient (Wildman–Crippen LogP) is 3.11. The molecule has 8 heteroatoms. The molecule has 26 heavy (non-hydrogen) atoms. The lowest BCUT2D eigenvalue weighted by Gasteiger charge is -2.11. The third kappa shape index (κ3) is 2.67. The quantitative estimate of drug-likeness (QED) is 0.767. The fourth-order valence-electron chi connectivity index (χ4n) is 2.86. The Balaban J connectivity index is 2.03. The first-order chi connectivity index (χ1) is 12.6. The van der Waals surface area contributed by atoms with Crippen LogP contribution in [0.3, 0.4) is 0 Å². The maximum atomic E-state index is 11.3. The van der Waals surface area contributed by atoms with Gasteiger partial charge < -0.3 is 9.84 Å². The first-order valence-electron chi connectivity index (χ1n) is 7.75. The van der Waals surface area contributed by atoms with Gasteiger partial charge in [0.15, 0.2) is 5.82 Å². The van der Waals surface area contributed by atoms with Crippen LogP contribution in [0.25, 0.3) is 5.69 Å². The van der Waals surface area contributed by atoms with E-state index >= 15 is 0 Å². The van der Waals surface area contributed by atoms with E-state index < -0.39 is 12.2 Å². The van der Waals surface area contributed by atoms with Gasteiger partial charge in [0.2, 0.25) is 6.23 Å². The second-order valence-corrected chi connectivity index (χ2v) is 6.04. The largest absolute Gasteiger partial charge is 0.475 e. The Labute approximate surface area is 153 Å². The molecule has 2 heterocycles. The molecule has 4 rings (SSSR count). The zero-order valence-corrected chi connectivity index (χ0v) is 14.4. The van der Waals surface area contributed by atoms with Crippen LogP contribution < -0.4 is 0 Å². The highest BCUT2D eigenvalue weighted by atomic mass is 35.5. The van der Waals surface area contributed by atoms with Crippen molar-refractivity contribution in [1.82, 2.24) is 14.8 Å². The molecule has 1 aromatic heterocycles. The molecule has 0 saturated carbocycles. The number of halogens is 1. The number of benzene rings is 2. The smallest absolute Gasteiger partial charge is 0.375 e. The van der Waals surface area contributed by atoms with Crippen LogP contribution in [0.1, 0.15) is 33.8 Å². The average Bonchev–Trinajstić information content (AvgIpc) is 3.04. The number of methoxy groups -OCH3 is 1. The number of aromatic carboxylic acids is 1. The first kappa shape index (κ1) is 16.4. The Morgan fingerprint density at radius 2 is 2.00 bits per heavy atom. The molecular weight excluding hydrogens is 356 g/mol. The average molecular weight is 369 g/mol. The molecule has 0 spiro atoms. The Morgan fingerprint density at radius 3 is 2.69 bits per heavy atom. The SMILES string of the molecule is COC1N=C(c2ccccc2)c2cc(Cl)ccc2-n2nc(C(=O)O)nc21. The lowest BCUT2D eigenvalue weighted by atomic mass is 10.0. The van der Waals surface area contributed by atoms with E-state index in [9.17, 15) is 9.90 Å². The normalized spacial score (nSPS) is 15.6. The van der Waals surface area contributed by atoms with Crippen molar-refractivity contribution in [1.29, 1.82) is 0 Å². The van der Waals surface area contributed by atoms with Gasteiger partial charge in [-0.3, -0.25) is 0 Å². The predicted molar refractivity (Wildman–Crippen MR) is 95.2 cm³/mol. The fourth-order valence-corrected chi connectivity index (χ4v) is 3.04. The number of nitrogens with zero attached hydrogens (tertiary/aromatic N) is 4. The first-order valence-corrected chi connectivity index (χ1v) is 8.13. The molecule has 1 N–H and O–H groups in total. The summed E-state index contributed by atoms with van der Waals surface area (Å²) in [6, 6.07) is 14.8. The van der Waals surface area contributed by atoms with E-state index in [1.807, 2.05) is 30.3 Å². The van der Waals surface area contributed by atoms with Gasteiger partial charge in [-0.05, 0) is 18.2 Å². The highest BCUT2D eigenvalue weighted by Crippen LogP contribution is 2.31. The summed E-state index contributed by atoms with van der Waals surface area (Å²) in [5.41, 5.74) is 2.89. The van der Waals surface area contributed by atoms with Crippen LogP contribution in [0.5, 0.6) is 0 Å². The molecule has 0 radical (unpaired) electrons. The molecule has 1 aliphatic heterocycles. The number of carboxylic acid groups (broad SMARTS) is 1. The van der Waals surface area contributed by atoms with Crippen LogP contribution in [-0.4, -0.2) is 38.7 Å². The number of carboxylic acids is 1. The second-order valence-electron chi connectivity index (χ2n) is 5.60. The van der Waals surface area contributed by atoms with Crippen LogP contribution in [0, 0.1) is 0 Å². The molecule has 130 valence electrons. The summed E-state index contributed by atoms with van der Waals surface area (Å²) in [5.74, 6) is -1.25. The number of rotatable bonds is 3. The van der Waals surface area contributed by atoms with Crippen LogP contribution in [0.4, 0.5) is 0 Å². The van der Waals surface area contributed by atoms with Gasteiger partial charge in [0, 0.05) is 23.3 Å². The minimum atomic E-state index is -1.22. The summed E-state index contributed by atoms with van der Waals surface area (Å²) >= 11 is 6.21. The summed E-state index contributed by atoms with van der Waals surface area (Å²) in [7, 11) is 1.49. The Bertz CT molecular complexity index is 1030. The van der Waals surface area contributed by atoms with Crippen LogP contribution in [0.15, 0.2) is 53.5 Å². The minimum Gasteiger partial charge on any atom is -0.475 e. The Hall–Kier alpha value is -3.03. The number of carbonyl (C=O) groups is 1. The molecule has 0 amide bonds. The van der Waals surface area contributed by atoms with Crippen LogP contribution in [-0.2, 0) is 4.74 Å². The Morgan fingerprint density at radius 1 is 1.23 bits per heavy atom. The summed E-state index contributed by atoms with van der Waals surface area (Å²) in [4.78, 5) is 20.1. The van der Waals surface area contributed by atoms with E-state index in [0.717, 1.165) is 5.56 Å². The van der Waals surface area contributed by atoms with E-state index in [1.54, 1.807) is 18.2 Å². The second kappa shape index (κ2) is 6.36. The third-order valence-electron chi connectivity index (χ3n) is 4.00. The van der Waals surface area contributed by atoms with Crippen molar-refractivity contribution in [2.75, 3.05) is 7.11 Å². The maximum absolute atomic E-state index is 11.3. The van der Waals surface area contributed by atoms with Crippen molar-refractivity contribution in [3.05, 3.63) is 76.3 Å². The number of hydrogen-bond acceptors (Lipinski definition) is 5. The van der Waals surface area contributed by atoms with Crippen LogP contribution >= 0.6 is 11.6 Å². The lowest BCUT2D eigenvalue weighted by molar-refractivity contribution is 0.0683. The zero-order valence-electron chi connectivity index (χ0n) is 13.6. The highest BCUT2D eigenvalue weighted by molar-refractivity contribution is 6.31. The molecule has 0 fully saturated rings. The van der Waals surface area contributed by atoms with Crippen molar-refractivity contribution >= 4 is 23.3 Å². The standard InChI is InChI=1S/C18H13ClN4O3/c1-26-17-16-21-15(18(24)25)22-23(16)13-8-7-11(19)9-12(13)14(20-17)10-5-3-2-4-6-10/h2-9,17H,1H3,(H,24,25). The number of hydrogen-bond donors (Lipinski definition) is 1. The molecule has 1 atom stereocenters. The van der Waals surface area contributed by atoms with E-state index in [2.05, 4.69) is 15.1 Å². The van der Waals surface area contributed by atoms with Gasteiger partial charge in [-0.15, -0.1) is 5.10 Å². The summed E-state index contributed by atoms with van der Waals surface area (Å²) in [6.45, 7) is 0. The molecule has 3 aromatic rings. The van der Waals surface area contributed by atoms with E-state index in [-0.39, 0.29) is 5.82 Å². The molecule has 7 nitrogen and oxygen atoms in total. The molecule has 0 aliphatic carbocycles. The third-order valence-corrected chi connectivity index (χ3v) is 4.24. The van der Waals surface area contributed by atoms with Gasteiger partial charge in [-0.2, -0.15) is 0 Å². The van der Waals surface area contributed by atoms with Gasteiger partial charge >= 0.3 is 5.97 Å². The van der Waals surface area contributed by atoms with E-state index in [1.165, 1.54) is 11.8 Å². The summed E-state index contributed by atoms with van der Waals surface area (Å²) < 4.78 is 6.91. The number of aliphatic imine (C=N–C) groups is 1. The number of fused-ring (bicyclic) bond motifs is 3. The van der Waals surface area contributed by atoms with E-state index in [0.29, 0.717) is 27.8 Å². The van der Waals surface area contributed by atoms with Crippen molar-refractivity contribution in [3.8, 4) is 5.69 Å². The van der Waals surface area contributed by atoms with Crippen molar-refractivity contribution in [3.63, 3.8) is 0 Å². The monoisotopic (exact) mass is 368 g/mol. The van der Waals surface area contributed by atoms with Crippen molar-refractivity contribution in [2.24, 2.45) is 4.99 Å². The summed E-state index contributed by atoms with van der Waals surface area (Å²) in [5, 5.41) is 13.9. The van der Waals surface area contributed by atoms with E-state index in [4.69, 9.17) is 16.3 Å². The van der Waals surface area contributed by atoms with Gasteiger partial charge in [-0.25, -0.2) is 19.5 Å². The number of ether oxygens (including phenoxy) is 1. The van der Waals surface area contributed by atoms with Gasteiger partial charge in [0.05, 0.1) is 11.4 Å². The molecule has 0 saturated heterocycles. The number of aromatic nitrogens is 3. The Kier molecular flexibility index (Phi) is 4.02. The van der Waals surface area contributed by atoms with Gasteiger partial charge in [0.1, 0.15) is 0 Å². The molecule has 2 aromatic carbocycles. The lowest BCUT2D eigenvalue weighted by Crippen LogP contribution is -2.09. The van der Waals surface area contributed by atoms with Crippen molar-refractivity contribution < 1.29 is 14.6 Å². The maximum Gasteiger partial charge on any atom is 0.375 e. The fraction of sp³-hybridized carbons (Fsp3) is 0.111. The summed E-state index contributed by atoms with van der Waals surface area (Å²) in [6.07, 6.45) is -0.808. The zero-order chi connectivity index (χ0) is 18.3.